The summed E-state index contributed by atoms with van der Waals surface area (Å²) >= 11 is 5.70. The van der Waals surface area contributed by atoms with E-state index in [4.69, 9.17) is 16.3 Å². The van der Waals surface area contributed by atoms with Crippen LogP contribution in [0.15, 0.2) is 42.5 Å². The van der Waals surface area contributed by atoms with E-state index in [9.17, 15) is 14.0 Å². The van der Waals surface area contributed by atoms with Gasteiger partial charge in [-0.3, -0.25) is 9.78 Å². The number of halogens is 2. The number of nitrogens with one attached hydrogen (secondary N) is 1. The largest absolute Gasteiger partial charge is 0.452 e. The Balaban J connectivity index is 1.54. The molecule has 1 amide bonds. The van der Waals surface area contributed by atoms with E-state index in [0.717, 1.165) is 48.5 Å². The molecule has 0 bridgehead atoms. The zero-order valence-electron chi connectivity index (χ0n) is 15.5. The Bertz CT molecular complexity index is 1120. The highest BCUT2D eigenvalue weighted by atomic mass is 35.5. The fraction of sp³-hybridized carbons (Fsp3) is 0.227. The molecule has 148 valence electrons. The second-order valence-corrected chi connectivity index (χ2v) is 7.32. The first kappa shape index (κ1) is 19.3. The number of ether oxygens (including phenoxy) is 1. The SMILES string of the molecule is O=C(COC(=O)c1c2c(nc3ccccc13)CCCC2)Nc1ccc(Cl)cc1F. The van der Waals surface area contributed by atoms with Crippen molar-refractivity contribution in [3.05, 3.63) is 70.1 Å². The normalized spacial score (nSPS) is 13.0. The minimum absolute atomic E-state index is 0.0258. The lowest BCUT2D eigenvalue weighted by Gasteiger charge is -2.19. The molecule has 7 heteroatoms. The van der Waals surface area contributed by atoms with E-state index in [-0.39, 0.29) is 10.7 Å². The standard InChI is InChI=1S/C22H18ClFN2O3/c23-13-9-10-19(16(24)11-13)26-20(27)12-29-22(28)21-14-5-1-3-7-17(14)25-18-8-4-2-6-15(18)21/h1,3,5,7,9-11H,2,4,6,8,12H2,(H,26,27). The first-order chi connectivity index (χ1) is 14.0. The van der Waals surface area contributed by atoms with Crippen molar-refractivity contribution in [1.82, 2.24) is 4.98 Å². The van der Waals surface area contributed by atoms with Gasteiger partial charge >= 0.3 is 5.97 Å². The van der Waals surface area contributed by atoms with E-state index in [1.807, 2.05) is 24.3 Å². The number of hydrogen-bond donors (Lipinski definition) is 1. The van der Waals surface area contributed by atoms with E-state index >= 15 is 0 Å². The van der Waals surface area contributed by atoms with Crippen molar-refractivity contribution >= 4 is 40.1 Å². The number of pyridine rings is 1. The van der Waals surface area contributed by atoms with Gasteiger partial charge in [0.05, 0.1) is 16.8 Å². The second kappa shape index (κ2) is 8.17. The summed E-state index contributed by atoms with van der Waals surface area (Å²) in [5, 5.41) is 3.32. The molecule has 0 radical (unpaired) electrons. The van der Waals surface area contributed by atoms with Crippen molar-refractivity contribution in [3.63, 3.8) is 0 Å². The average Bonchev–Trinajstić information content (AvgIpc) is 2.72. The molecule has 1 aliphatic rings. The summed E-state index contributed by atoms with van der Waals surface area (Å²) in [6, 6.07) is 11.3. The van der Waals surface area contributed by atoms with Gasteiger partial charge in [0.2, 0.25) is 0 Å². The molecule has 3 aromatic rings. The Kier molecular flexibility index (Phi) is 5.45. The summed E-state index contributed by atoms with van der Waals surface area (Å²) < 4.78 is 19.1. The van der Waals surface area contributed by atoms with Crippen LogP contribution >= 0.6 is 11.6 Å². The molecule has 4 rings (SSSR count). The van der Waals surface area contributed by atoms with Crippen molar-refractivity contribution < 1.29 is 18.7 Å². The van der Waals surface area contributed by atoms with E-state index in [2.05, 4.69) is 10.3 Å². The zero-order chi connectivity index (χ0) is 20.4. The smallest absolute Gasteiger partial charge is 0.339 e. The zero-order valence-corrected chi connectivity index (χ0v) is 16.3. The number of anilines is 1. The minimum Gasteiger partial charge on any atom is -0.452 e. The highest BCUT2D eigenvalue weighted by Gasteiger charge is 2.24. The van der Waals surface area contributed by atoms with Gasteiger partial charge in [0.1, 0.15) is 5.82 Å². The summed E-state index contributed by atoms with van der Waals surface area (Å²) in [5.41, 5.74) is 2.98. The topological polar surface area (TPSA) is 68.3 Å². The summed E-state index contributed by atoms with van der Waals surface area (Å²) in [4.78, 5) is 29.7. The Morgan fingerprint density at radius 1 is 1.14 bits per heavy atom. The van der Waals surface area contributed by atoms with Crippen LogP contribution < -0.4 is 5.32 Å². The lowest BCUT2D eigenvalue weighted by atomic mass is 9.90. The van der Waals surface area contributed by atoms with Crippen LogP contribution in [-0.4, -0.2) is 23.5 Å². The fourth-order valence-corrected chi connectivity index (χ4v) is 3.74. The average molecular weight is 413 g/mol. The predicted octanol–water partition coefficient (Wildman–Crippen LogP) is 4.70. The molecule has 0 aliphatic heterocycles. The van der Waals surface area contributed by atoms with Crippen LogP contribution in [0.2, 0.25) is 5.02 Å². The number of esters is 1. The third kappa shape index (κ3) is 4.07. The number of carbonyl (C=O) groups excluding carboxylic acids is 2. The van der Waals surface area contributed by atoms with E-state index in [0.29, 0.717) is 10.9 Å². The van der Waals surface area contributed by atoms with Gasteiger partial charge in [0.25, 0.3) is 5.91 Å². The summed E-state index contributed by atoms with van der Waals surface area (Å²) in [6.45, 7) is -0.522. The first-order valence-corrected chi connectivity index (χ1v) is 9.73. The molecule has 0 fully saturated rings. The lowest BCUT2D eigenvalue weighted by Crippen LogP contribution is -2.23. The number of rotatable bonds is 4. The third-order valence-electron chi connectivity index (χ3n) is 4.91. The van der Waals surface area contributed by atoms with Crippen LogP contribution in [0.25, 0.3) is 10.9 Å². The molecular formula is C22H18ClFN2O3. The van der Waals surface area contributed by atoms with Crippen molar-refractivity contribution in [2.24, 2.45) is 0 Å². The Morgan fingerprint density at radius 2 is 1.93 bits per heavy atom. The molecule has 1 heterocycles. The minimum atomic E-state index is -0.661. The molecule has 0 spiro atoms. The summed E-state index contributed by atoms with van der Waals surface area (Å²) in [5.74, 6) is -1.87. The lowest BCUT2D eigenvalue weighted by molar-refractivity contribution is -0.119. The van der Waals surface area contributed by atoms with Gasteiger partial charge < -0.3 is 10.1 Å². The molecule has 5 nitrogen and oxygen atoms in total. The Labute approximate surface area is 171 Å². The molecule has 2 aromatic carbocycles. The van der Waals surface area contributed by atoms with Crippen LogP contribution in [0.4, 0.5) is 10.1 Å². The maximum Gasteiger partial charge on any atom is 0.339 e. The molecule has 1 aliphatic carbocycles. The summed E-state index contributed by atoms with van der Waals surface area (Å²) in [7, 11) is 0. The van der Waals surface area contributed by atoms with Gasteiger partial charge in [0.15, 0.2) is 6.61 Å². The number of fused-ring (bicyclic) bond motifs is 2. The van der Waals surface area contributed by atoms with Crippen LogP contribution in [0, 0.1) is 5.82 Å². The number of carbonyl (C=O) groups is 2. The Morgan fingerprint density at radius 3 is 2.76 bits per heavy atom. The van der Waals surface area contributed by atoms with Crippen LogP contribution in [0.3, 0.4) is 0 Å². The van der Waals surface area contributed by atoms with Gasteiger partial charge in [0, 0.05) is 16.1 Å². The van der Waals surface area contributed by atoms with Crippen molar-refractivity contribution in [3.8, 4) is 0 Å². The van der Waals surface area contributed by atoms with Gasteiger partial charge in [-0.15, -0.1) is 0 Å². The highest BCUT2D eigenvalue weighted by molar-refractivity contribution is 6.30. The molecule has 0 saturated heterocycles. The number of benzene rings is 2. The van der Waals surface area contributed by atoms with Gasteiger partial charge in [-0.1, -0.05) is 29.8 Å². The molecule has 0 atom stereocenters. The molecule has 0 saturated carbocycles. The monoisotopic (exact) mass is 412 g/mol. The number of nitrogens with zero attached hydrogens (tertiary/aromatic N) is 1. The fourth-order valence-electron chi connectivity index (χ4n) is 3.59. The van der Waals surface area contributed by atoms with E-state index in [1.165, 1.54) is 12.1 Å². The Hall–Kier alpha value is -2.99. The van der Waals surface area contributed by atoms with E-state index < -0.39 is 24.3 Å². The van der Waals surface area contributed by atoms with Crippen LogP contribution in [0.1, 0.15) is 34.5 Å². The number of amides is 1. The maximum absolute atomic E-state index is 13.8. The van der Waals surface area contributed by atoms with Crippen molar-refractivity contribution in [2.45, 2.75) is 25.7 Å². The quantitative estimate of drug-likeness (QED) is 0.630. The predicted molar refractivity (Wildman–Crippen MR) is 109 cm³/mol. The van der Waals surface area contributed by atoms with E-state index in [1.54, 1.807) is 0 Å². The highest BCUT2D eigenvalue weighted by Crippen LogP contribution is 2.29. The van der Waals surface area contributed by atoms with Crippen LogP contribution in [-0.2, 0) is 22.4 Å². The summed E-state index contributed by atoms with van der Waals surface area (Å²) in [6.07, 6.45) is 3.57. The number of aromatic nitrogens is 1. The number of hydrogen-bond acceptors (Lipinski definition) is 4. The van der Waals surface area contributed by atoms with Crippen molar-refractivity contribution in [1.29, 1.82) is 0 Å². The first-order valence-electron chi connectivity index (χ1n) is 9.35. The second-order valence-electron chi connectivity index (χ2n) is 6.88. The van der Waals surface area contributed by atoms with Crippen LogP contribution in [0.5, 0.6) is 0 Å². The van der Waals surface area contributed by atoms with Gasteiger partial charge in [-0.2, -0.15) is 0 Å². The molecular weight excluding hydrogens is 395 g/mol. The molecule has 1 N–H and O–H groups in total. The maximum atomic E-state index is 13.8. The molecule has 1 aromatic heterocycles. The van der Waals surface area contributed by atoms with Gasteiger partial charge in [-0.25, -0.2) is 9.18 Å². The number of aryl methyl sites for hydroxylation is 1. The molecule has 0 unspecified atom stereocenters. The third-order valence-corrected chi connectivity index (χ3v) is 5.15. The number of para-hydroxylation sites is 1. The van der Waals surface area contributed by atoms with Gasteiger partial charge in [-0.05, 0) is 55.5 Å². The molecule has 29 heavy (non-hydrogen) atoms. The van der Waals surface area contributed by atoms with Crippen molar-refractivity contribution in [2.75, 3.05) is 11.9 Å².